The lowest BCUT2D eigenvalue weighted by atomic mass is 10.1. The number of hydrogen-bond donors (Lipinski definition) is 0. The molecule has 24 heavy (non-hydrogen) atoms. The molecule has 0 aliphatic carbocycles. The van der Waals surface area contributed by atoms with Crippen molar-refractivity contribution in [3.05, 3.63) is 71.3 Å². The molecule has 4 nitrogen and oxygen atoms in total. The monoisotopic (exact) mass is 320 g/mol. The summed E-state index contributed by atoms with van der Waals surface area (Å²) in [5, 5.41) is 8.80. The van der Waals surface area contributed by atoms with E-state index in [-0.39, 0.29) is 5.91 Å². The van der Waals surface area contributed by atoms with Gasteiger partial charge in [-0.1, -0.05) is 30.3 Å². The molecule has 1 amide bonds. The fourth-order valence-electron chi connectivity index (χ4n) is 2.23. The minimum absolute atomic E-state index is 0.0920. The molecule has 0 bridgehead atoms. The van der Waals surface area contributed by atoms with E-state index in [0.29, 0.717) is 18.7 Å². The van der Waals surface area contributed by atoms with Crippen molar-refractivity contribution in [2.45, 2.75) is 13.5 Å². The number of likely N-dealkylation sites (N-methyl/N-ethyl adjacent to an activating group) is 1. The predicted octanol–water partition coefficient (Wildman–Crippen LogP) is 3.63. The van der Waals surface area contributed by atoms with E-state index >= 15 is 0 Å². The predicted molar refractivity (Wildman–Crippen MR) is 94.3 cm³/mol. The lowest BCUT2D eigenvalue weighted by Gasteiger charge is -2.15. The van der Waals surface area contributed by atoms with Gasteiger partial charge in [-0.25, -0.2) is 0 Å². The number of hydrogen-bond acceptors (Lipinski definition) is 3. The van der Waals surface area contributed by atoms with Crippen molar-refractivity contribution in [3.63, 3.8) is 0 Å². The lowest BCUT2D eigenvalue weighted by molar-refractivity contribution is -0.125. The first-order chi connectivity index (χ1) is 11.6. The summed E-state index contributed by atoms with van der Waals surface area (Å²) in [6, 6.07) is 16.9. The molecule has 0 fully saturated rings. The normalized spacial score (nSPS) is 10.4. The molecule has 0 N–H and O–H groups in total. The van der Waals surface area contributed by atoms with Gasteiger partial charge in [0.2, 0.25) is 5.91 Å². The van der Waals surface area contributed by atoms with Crippen LogP contribution in [0.25, 0.3) is 6.08 Å². The molecule has 122 valence electrons. The summed E-state index contributed by atoms with van der Waals surface area (Å²) in [6.07, 6.45) is 3.31. The maximum atomic E-state index is 12.3. The van der Waals surface area contributed by atoms with Crippen LogP contribution in [0.3, 0.4) is 0 Å². The third-order valence-electron chi connectivity index (χ3n) is 3.50. The highest BCUT2D eigenvalue weighted by Crippen LogP contribution is 2.19. The second-order valence-corrected chi connectivity index (χ2v) is 5.31. The number of benzene rings is 2. The molecule has 0 saturated carbocycles. The zero-order valence-electron chi connectivity index (χ0n) is 13.9. The number of nitriles is 1. The van der Waals surface area contributed by atoms with Gasteiger partial charge in [-0.05, 0) is 36.8 Å². The van der Waals surface area contributed by atoms with Gasteiger partial charge in [0, 0.05) is 25.2 Å². The fraction of sp³-hybridized carbons (Fsp3) is 0.200. The second-order valence-electron chi connectivity index (χ2n) is 5.31. The van der Waals surface area contributed by atoms with Crippen molar-refractivity contribution in [3.8, 4) is 11.8 Å². The van der Waals surface area contributed by atoms with E-state index in [2.05, 4.69) is 6.07 Å². The Balaban J connectivity index is 2.02. The summed E-state index contributed by atoms with van der Waals surface area (Å²) >= 11 is 0. The Hall–Kier alpha value is -3.06. The number of carbonyl (C=O) groups excluding carboxylic acids is 1. The average molecular weight is 320 g/mol. The fourth-order valence-corrected chi connectivity index (χ4v) is 2.23. The van der Waals surface area contributed by atoms with Crippen LogP contribution in [0.15, 0.2) is 54.6 Å². The minimum Gasteiger partial charge on any atom is -0.493 e. The quantitative estimate of drug-likeness (QED) is 0.764. The molecule has 0 spiro atoms. The molecule has 0 aliphatic rings. The Bertz CT molecular complexity index is 758. The van der Waals surface area contributed by atoms with Gasteiger partial charge in [0.25, 0.3) is 0 Å². The van der Waals surface area contributed by atoms with Crippen molar-refractivity contribution >= 4 is 12.0 Å². The van der Waals surface area contributed by atoms with Gasteiger partial charge in [0.1, 0.15) is 5.75 Å². The highest BCUT2D eigenvalue weighted by Gasteiger charge is 2.07. The van der Waals surface area contributed by atoms with Crippen LogP contribution < -0.4 is 4.74 Å². The van der Waals surface area contributed by atoms with E-state index < -0.39 is 0 Å². The molecule has 2 aromatic rings. The van der Waals surface area contributed by atoms with E-state index in [4.69, 9.17) is 10.00 Å². The molecule has 0 saturated heterocycles. The van der Waals surface area contributed by atoms with Crippen molar-refractivity contribution < 1.29 is 9.53 Å². The first kappa shape index (κ1) is 17.3. The van der Waals surface area contributed by atoms with E-state index in [1.807, 2.05) is 43.3 Å². The number of nitrogens with zero attached hydrogens (tertiary/aromatic N) is 2. The maximum Gasteiger partial charge on any atom is 0.246 e. The third kappa shape index (κ3) is 4.72. The first-order valence-corrected chi connectivity index (χ1v) is 7.78. The summed E-state index contributed by atoms with van der Waals surface area (Å²) in [7, 11) is 1.75. The molecule has 2 aromatic carbocycles. The molecular weight excluding hydrogens is 300 g/mol. The second kappa shape index (κ2) is 8.54. The van der Waals surface area contributed by atoms with Gasteiger partial charge >= 0.3 is 0 Å². The molecule has 0 heterocycles. The Labute approximate surface area is 142 Å². The Morgan fingerprint density at radius 1 is 1.21 bits per heavy atom. The van der Waals surface area contributed by atoms with Crippen molar-refractivity contribution in [1.29, 1.82) is 5.26 Å². The van der Waals surface area contributed by atoms with Gasteiger partial charge in [0.05, 0.1) is 18.2 Å². The van der Waals surface area contributed by atoms with E-state index in [9.17, 15) is 4.79 Å². The third-order valence-corrected chi connectivity index (χ3v) is 3.50. The molecule has 0 radical (unpaired) electrons. The van der Waals surface area contributed by atoms with Crippen molar-refractivity contribution in [1.82, 2.24) is 4.90 Å². The molecule has 0 aromatic heterocycles. The van der Waals surface area contributed by atoms with Crippen LogP contribution in [-0.2, 0) is 11.3 Å². The van der Waals surface area contributed by atoms with Gasteiger partial charge in [0.15, 0.2) is 0 Å². The molecule has 4 heteroatoms. The largest absolute Gasteiger partial charge is 0.493 e. The van der Waals surface area contributed by atoms with Crippen LogP contribution in [0.5, 0.6) is 5.75 Å². The Morgan fingerprint density at radius 2 is 1.92 bits per heavy atom. The van der Waals surface area contributed by atoms with Crippen molar-refractivity contribution in [2.75, 3.05) is 13.7 Å². The number of ether oxygens (including phenoxy) is 1. The molecule has 0 unspecified atom stereocenters. The molecule has 2 rings (SSSR count). The van der Waals surface area contributed by atoms with Crippen LogP contribution in [0.1, 0.15) is 23.6 Å². The van der Waals surface area contributed by atoms with Crippen LogP contribution >= 0.6 is 0 Å². The highest BCUT2D eigenvalue weighted by atomic mass is 16.5. The molecular formula is C20H20N2O2. The molecule has 0 atom stereocenters. The number of rotatable bonds is 6. The number of para-hydroxylation sites is 1. The summed E-state index contributed by atoms with van der Waals surface area (Å²) in [5.74, 6) is 0.671. The summed E-state index contributed by atoms with van der Waals surface area (Å²) < 4.78 is 5.54. The summed E-state index contributed by atoms with van der Waals surface area (Å²) in [5.41, 5.74) is 2.47. The summed E-state index contributed by atoms with van der Waals surface area (Å²) in [4.78, 5) is 13.9. The Kier molecular flexibility index (Phi) is 6.16. The first-order valence-electron chi connectivity index (χ1n) is 7.78. The van der Waals surface area contributed by atoms with Crippen LogP contribution in [0.2, 0.25) is 0 Å². The van der Waals surface area contributed by atoms with E-state index in [1.165, 1.54) is 0 Å². The average Bonchev–Trinajstić information content (AvgIpc) is 2.61. The maximum absolute atomic E-state index is 12.3. The summed E-state index contributed by atoms with van der Waals surface area (Å²) in [6.45, 7) is 3.00. The lowest BCUT2D eigenvalue weighted by Crippen LogP contribution is -2.24. The van der Waals surface area contributed by atoms with Gasteiger partial charge in [-0.15, -0.1) is 0 Å². The number of carbonyl (C=O) groups is 1. The minimum atomic E-state index is -0.0920. The highest BCUT2D eigenvalue weighted by molar-refractivity contribution is 5.92. The Morgan fingerprint density at radius 3 is 2.58 bits per heavy atom. The van der Waals surface area contributed by atoms with E-state index in [0.717, 1.165) is 16.9 Å². The van der Waals surface area contributed by atoms with E-state index in [1.54, 1.807) is 36.2 Å². The van der Waals surface area contributed by atoms with Crippen LogP contribution in [0.4, 0.5) is 0 Å². The van der Waals surface area contributed by atoms with Gasteiger partial charge in [-0.3, -0.25) is 4.79 Å². The van der Waals surface area contributed by atoms with Crippen LogP contribution in [0, 0.1) is 11.3 Å². The van der Waals surface area contributed by atoms with Gasteiger partial charge < -0.3 is 9.64 Å². The smallest absolute Gasteiger partial charge is 0.246 e. The van der Waals surface area contributed by atoms with Crippen molar-refractivity contribution in [2.24, 2.45) is 0 Å². The van der Waals surface area contributed by atoms with Crippen LogP contribution in [-0.4, -0.2) is 24.5 Å². The van der Waals surface area contributed by atoms with Gasteiger partial charge in [-0.2, -0.15) is 5.26 Å². The topological polar surface area (TPSA) is 53.3 Å². The standard InChI is InChI=1S/C20H20N2O2/c1-3-24-19-7-5-4-6-18(19)12-13-20(23)22(2)15-17-10-8-16(14-21)9-11-17/h4-13H,3,15H2,1-2H3/b13-12+. The molecule has 0 aliphatic heterocycles. The SMILES string of the molecule is CCOc1ccccc1/C=C/C(=O)N(C)Cc1ccc(C#N)cc1. The number of amides is 1. The zero-order valence-corrected chi connectivity index (χ0v) is 13.9. The zero-order chi connectivity index (χ0) is 17.4.